The van der Waals surface area contributed by atoms with Crippen molar-refractivity contribution in [1.82, 2.24) is 14.9 Å². The maximum atomic E-state index is 14.9. The van der Waals surface area contributed by atoms with E-state index in [0.29, 0.717) is 10.8 Å². The molecule has 4 nitrogen and oxygen atoms in total. The Morgan fingerprint density at radius 3 is 2.58 bits per heavy atom. The highest BCUT2D eigenvalue weighted by Gasteiger charge is 2.42. The van der Waals surface area contributed by atoms with E-state index in [1.54, 1.807) is 18.3 Å². The molecule has 0 spiro atoms. The highest BCUT2D eigenvalue weighted by Crippen LogP contribution is 2.42. The first-order valence-electron chi connectivity index (χ1n) is 9.82. The van der Waals surface area contributed by atoms with Gasteiger partial charge < -0.3 is 14.8 Å². The molecule has 0 saturated carbocycles. The van der Waals surface area contributed by atoms with Crippen molar-refractivity contribution in [2.24, 2.45) is 0 Å². The van der Waals surface area contributed by atoms with Gasteiger partial charge in [-0.3, -0.25) is 4.98 Å². The average Bonchev–Trinajstić information content (AvgIpc) is 3.39. The molecular formula is C24H18BrFN4S. The highest BCUT2D eigenvalue weighted by atomic mass is 79.9. The smallest absolute Gasteiger partial charge is 0.174 e. The minimum absolute atomic E-state index is 0.242. The fourth-order valence-electron chi connectivity index (χ4n) is 4.06. The average molecular weight is 493 g/mol. The third-order valence-corrected chi connectivity index (χ3v) is 6.19. The number of thiocarbonyl (C=S) groups is 1. The van der Waals surface area contributed by atoms with Crippen LogP contribution in [0.2, 0.25) is 0 Å². The van der Waals surface area contributed by atoms with Crippen molar-refractivity contribution in [3.8, 4) is 5.69 Å². The predicted molar refractivity (Wildman–Crippen MR) is 128 cm³/mol. The number of rotatable bonds is 4. The van der Waals surface area contributed by atoms with Crippen LogP contribution in [0.5, 0.6) is 0 Å². The largest absolute Gasteiger partial charge is 0.351 e. The van der Waals surface area contributed by atoms with E-state index in [0.717, 1.165) is 21.5 Å². The van der Waals surface area contributed by atoms with E-state index in [9.17, 15) is 4.39 Å². The molecule has 1 aliphatic heterocycles. The van der Waals surface area contributed by atoms with E-state index in [-0.39, 0.29) is 17.9 Å². The third kappa shape index (κ3) is 3.64. The molecule has 154 valence electrons. The second kappa shape index (κ2) is 8.24. The normalized spacial score (nSPS) is 18.3. The van der Waals surface area contributed by atoms with Crippen molar-refractivity contribution in [3.63, 3.8) is 0 Å². The number of halogens is 2. The molecule has 2 aromatic carbocycles. The lowest BCUT2D eigenvalue weighted by atomic mass is 10.0. The fraction of sp³-hybridized carbons (Fsp3) is 0.0833. The first-order chi connectivity index (χ1) is 15.1. The van der Waals surface area contributed by atoms with Gasteiger partial charge in [0.2, 0.25) is 0 Å². The van der Waals surface area contributed by atoms with Crippen molar-refractivity contribution in [1.29, 1.82) is 0 Å². The van der Waals surface area contributed by atoms with Crippen molar-refractivity contribution in [2.75, 3.05) is 4.90 Å². The minimum Gasteiger partial charge on any atom is -0.351 e. The number of nitrogens with one attached hydrogen (secondary N) is 1. The molecular weight excluding hydrogens is 475 g/mol. The minimum atomic E-state index is -0.320. The number of anilines is 1. The Kier molecular flexibility index (Phi) is 5.29. The number of hydrogen-bond donors (Lipinski definition) is 1. The molecule has 0 unspecified atom stereocenters. The van der Waals surface area contributed by atoms with Gasteiger partial charge in [-0.05, 0) is 66.8 Å². The molecule has 0 radical (unpaired) electrons. The van der Waals surface area contributed by atoms with E-state index in [2.05, 4.69) is 30.8 Å². The van der Waals surface area contributed by atoms with Crippen LogP contribution < -0.4 is 10.2 Å². The van der Waals surface area contributed by atoms with Crippen LogP contribution in [0.1, 0.15) is 23.5 Å². The molecule has 2 atom stereocenters. The number of nitrogens with zero attached hydrogens (tertiary/aromatic N) is 3. The number of benzene rings is 2. The first kappa shape index (κ1) is 19.9. The Balaban J connectivity index is 1.69. The molecule has 1 aliphatic rings. The van der Waals surface area contributed by atoms with Crippen molar-refractivity contribution in [2.45, 2.75) is 12.1 Å². The molecule has 0 aliphatic carbocycles. The van der Waals surface area contributed by atoms with Gasteiger partial charge in [0, 0.05) is 28.2 Å². The molecule has 7 heteroatoms. The van der Waals surface area contributed by atoms with Gasteiger partial charge in [-0.1, -0.05) is 40.2 Å². The number of aromatic nitrogens is 2. The molecule has 1 N–H and O–H groups in total. The monoisotopic (exact) mass is 492 g/mol. The van der Waals surface area contributed by atoms with Gasteiger partial charge in [0.1, 0.15) is 11.9 Å². The fourth-order valence-corrected chi connectivity index (χ4v) is 4.78. The zero-order valence-corrected chi connectivity index (χ0v) is 18.7. The molecule has 3 heterocycles. The van der Waals surface area contributed by atoms with Gasteiger partial charge >= 0.3 is 0 Å². The maximum Gasteiger partial charge on any atom is 0.174 e. The van der Waals surface area contributed by atoms with Crippen LogP contribution in [-0.2, 0) is 0 Å². The maximum absolute atomic E-state index is 14.9. The van der Waals surface area contributed by atoms with Crippen molar-refractivity contribution >= 4 is 38.9 Å². The summed E-state index contributed by atoms with van der Waals surface area (Å²) in [4.78, 5) is 6.42. The lowest BCUT2D eigenvalue weighted by Gasteiger charge is -2.29. The first-order valence-corrected chi connectivity index (χ1v) is 11.0. The van der Waals surface area contributed by atoms with Gasteiger partial charge in [-0.25, -0.2) is 4.39 Å². The molecule has 0 bridgehead atoms. The third-order valence-electron chi connectivity index (χ3n) is 5.38. The molecule has 1 saturated heterocycles. The van der Waals surface area contributed by atoms with Gasteiger partial charge in [0.05, 0.1) is 17.4 Å². The summed E-state index contributed by atoms with van der Waals surface area (Å²) in [5.41, 5.74) is 3.26. The SMILES string of the molecule is Fc1ccccc1N1C(=S)N[C@H](c2ccccn2)[C@@H]1c1cccn1-c1cccc(Br)c1. The zero-order valence-electron chi connectivity index (χ0n) is 16.3. The quantitative estimate of drug-likeness (QED) is 0.356. The molecule has 1 fully saturated rings. The summed E-state index contributed by atoms with van der Waals surface area (Å²) in [6.45, 7) is 0. The number of hydrogen-bond acceptors (Lipinski definition) is 2. The summed E-state index contributed by atoms with van der Waals surface area (Å²) >= 11 is 9.25. The Labute approximate surface area is 193 Å². The Bertz CT molecular complexity index is 1240. The summed E-state index contributed by atoms with van der Waals surface area (Å²) in [6.07, 6.45) is 3.77. The molecule has 5 rings (SSSR count). The second-order valence-electron chi connectivity index (χ2n) is 7.23. The van der Waals surface area contributed by atoms with Crippen LogP contribution in [0.4, 0.5) is 10.1 Å². The van der Waals surface area contributed by atoms with Crippen molar-refractivity contribution in [3.05, 3.63) is 113 Å². The Morgan fingerprint density at radius 2 is 1.81 bits per heavy atom. The van der Waals surface area contributed by atoms with E-state index in [1.165, 1.54) is 6.07 Å². The summed E-state index contributed by atoms with van der Waals surface area (Å²) in [7, 11) is 0. The highest BCUT2D eigenvalue weighted by molar-refractivity contribution is 9.10. The Morgan fingerprint density at radius 1 is 0.968 bits per heavy atom. The molecule has 2 aromatic heterocycles. The topological polar surface area (TPSA) is 33.1 Å². The standard InChI is InChI=1S/C24H18BrFN4S/c25-16-7-5-8-17(15-16)29-14-6-12-21(29)23-22(19-10-3-4-13-27-19)28-24(31)30(23)20-11-2-1-9-18(20)26/h1-15,22-23H,(H,28,31)/t22-,23+/m1/s1. The lowest BCUT2D eigenvalue weighted by Crippen LogP contribution is -2.31. The summed E-state index contributed by atoms with van der Waals surface area (Å²) < 4.78 is 18.0. The van der Waals surface area contributed by atoms with E-state index < -0.39 is 0 Å². The van der Waals surface area contributed by atoms with E-state index in [4.69, 9.17) is 12.2 Å². The van der Waals surface area contributed by atoms with E-state index in [1.807, 2.05) is 71.8 Å². The predicted octanol–water partition coefficient (Wildman–Crippen LogP) is 5.95. The summed E-state index contributed by atoms with van der Waals surface area (Å²) in [5, 5.41) is 3.85. The molecule has 31 heavy (non-hydrogen) atoms. The van der Waals surface area contributed by atoms with Gasteiger partial charge in [-0.2, -0.15) is 0 Å². The molecule has 0 amide bonds. The summed E-state index contributed by atoms with van der Waals surface area (Å²) in [6, 6.07) is 24.1. The van der Waals surface area contributed by atoms with Crippen LogP contribution >= 0.6 is 28.1 Å². The molecule has 4 aromatic rings. The number of para-hydroxylation sites is 1. The van der Waals surface area contributed by atoms with E-state index >= 15 is 0 Å². The lowest BCUT2D eigenvalue weighted by molar-refractivity contribution is 0.542. The Hall–Kier alpha value is -3.03. The zero-order chi connectivity index (χ0) is 21.4. The number of pyridine rings is 1. The van der Waals surface area contributed by atoms with Crippen LogP contribution in [0.15, 0.2) is 95.7 Å². The van der Waals surface area contributed by atoms with Crippen LogP contribution in [0, 0.1) is 5.82 Å². The summed E-state index contributed by atoms with van der Waals surface area (Å²) in [5.74, 6) is -0.320. The van der Waals surface area contributed by atoms with Crippen molar-refractivity contribution < 1.29 is 4.39 Å². The van der Waals surface area contributed by atoms with Gasteiger partial charge in [-0.15, -0.1) is 0 Å². The second-order valence-corrected chi connectivity index (χ2v) is 8.53. The van der Waals surface area contributed by atoms with Gasteiger partial charge in [0.25, 0.3) is 0 Å². The van der Waals surface area contributed by atoms with Gasteiger partial charge in [0.15, 0.2) is 5.11 Å². The van der Waals surface area contributed by atoms with Crippen LogP contribution in [0.3, 0.4) is 0 Å². The van der Waals surface area contributed by atoms with Crippen LogP contribution in [-0.4, -0.2) is 14.7 Å². The van der Waals surface area contributed by atoms with Crippen LogP contribution in [0.25, 0.3) is 5.69 Å².